The molecule has 0 saturated carbocycles. The fraction of sp³-hybridized carbons (Fsp3) is 0.0667. The molecule has 0 aliphatic carbocycles. The highest BCUT2D eigenvalue weighted by atomic mass is 19.1. The fourth-order valence-electron chi connectivity index (χ4n) is 2.23. The highest BCUT2D eigenvalue weighted by Gasteiger charge is 2.14. The fourth-order valence-corrected chi connectivity index (χ4v) is 2.23. The number of nitrogens with zero attached hydrogens (tertiary/aromatic N) is 1. The molecule has 0 spiro atoms. The molecule has 2 aromatic carbocycles. The molecule has 0 unspecified atom stereocenters. The number of nitrogens with two attached hydrogens (primary N) is 1. The number of fused-ring (bicyclic) bond motifs is 1. The number of nitrogen functional groups attached to an aromatic ring is 1. The summed E-state index contributed by atoms with van der Waals surface area (Å²) in [7, 11) is 0. The zero-order valence-corrected chi connectivity index (χ0v) is 11.0. The summed E-state index contributed by atoms with van der Waals surface area (Å²) in [6.45, 7) is 0. The monoisotopic (exact) mass is 285 g/mol. The molecular weight excluding hydrogens is 273 g/mol. The van der Waals surface area contributed by atoms with E-state index >= 15 is 0 Å². The third-order valence-corrected chi connectivity index (χ3v) is 3.22. The number of hydrogen-bond acceptors (Lipinski definition) is 3. The number of benzene rings is 2. The maximum Gasteiger partial charge on any atom is 0.333 e. The van der Waals surface area contributed by atoms with Crippen LogP contribution in [0.25, 0.3) is 11.0 Å². The molecule has 3 N–H and O–H groups in total. The second-order valence-electron chi connectivity index (χ2n) is 4.74. The second kappa shape index (κ2) is 4.90. The molecule has 106 valence electrons. The van der Waals surface area contributed by atoms with E-state index in [4.69, 9.17) is 5.73 Å². The Bertz CT molecular complexity index is 878. The van der Waals surface area contributed by atoms with Crippen LogP contribution in [-0.2, 0) is 6.42 Å². The number of hydrogen-bond donors (Lipinski definition) is 2. The largest absolute Gasteiger partial charge is 0.399 e. The molecule has 0 aliphatic rings. The smallest absolute Gasteiger partial charge is 0.333 e. The van der Waals surface area contributed by atoms with Crippen LogP contribution in [-0.4, -0.2) is 15.5 Å². The van der Waals surface area contributed by atoms with E-state index in [2.05, 4.69) is 4.98 Å². The minimum Gasteiger partial charge on any atom is -0.399 e. The first kappa shape index (κ1) is 13.1. The molecule has 0 saturated heterocycles. The van der Waals surface area contributed by atoms with E-state index in [0.717, 1.165) is 4.57 Å². The minimum absolute atomic E-state index is 0.0114. The van der Waals surface area contributed by atoms with Crippen LogP contribution in [0.3, 0.4) is 0 Å². The highest BCUT2D eigenvalue weighted by Crippen LogP contribution is 2.14. The Labute approximate surface area is 118 Å². The molecule has 3 rings (SSSR count). The maximum absolute atomic E-state index is 12.9. The van der Waals surface area contributed by atoms with E-state index in [1.807, 2.05) is 0 Å². The first-order chi connectivity index (χ1) is 10.0. The Morgan fingerprint density at radius 3 is 2.62 bits per heavy atom. The zero-order chi connectivity index (χ0) is 15.0. The van der Waals surface area contributed by atoms with Crippen molar-refractivity contribution in [1.29, 1.82) is 0 Å². The van der Waals surface area contributed by atoms with Crippen LogP contribution in [0.15, 0.2) is 47.3 Å². The van der Waals surface area contributed by atoms with Crippen molar-refractivity contribution in [1.82, 2.24) is 9.55 Å². The van der Waals surface area contributed by atoms with Crippen molar-refractivity contribution in [3.8, 4) is 0 Å². The van der Waals surface area contributed by atoms with E-state index in [9.17, 15) is 14.0 Å². The molecule has 0 amide bonds. The summed E-state index contributed by atoms with van der Waals surface area (Å²) in [5.74, 6) is -0.756. The molecule has 3 aromatic rings. The third-order valence-electron chi connectivity index (χ3n) is 3.22. The third kappa shape index (κ3) is 2.43. The average Bonchev–Trinajstić information content (AvgIpc) is 2.76. The molecule has 5 nitrogen and oxygen atoms in total. The maximum atomic E-state index is 12.9. The van der Waals surface area contributed by atoms with Crippen LogP contribution in [0.1, 0.15) is 10.4 Å². The van der Waals surface area contributed by atoms with Gasteiger partial charge in [-0.2, -0.15) is 0 Å². The van der Waals surface area contributed by atoms with Crippen LogP contribution >= 0.6 is 0 Å². The van der Waals surface area contributed by atoms with Crippen LogP contribution in [0, 0.1) is 5.82 Å². The van der Waals surface area contributed by atoms with Gasteiger partial charge in [0.05, 0.1) is 17.5 Å². The van der Waals surface area contributed by atoms with E-state index < -0.39 is 5.69 Å². The van der Waals surface area contributed by atoms with Crippen molar-refractivity contribution in [2.24, 2.45) is 0 Å². The number of carbonyl (C=O) groups excluding carboxylic acids is 1. The molecule has 6 heteroatoms. The summed E-state index contributed by atoms with van der Waals surface area (Å²) in [6.07, 6.45) is 0.0114. The average molecular weight is 285 g/mol. The van der Waals surface area contributed by atoms with Gasteiger partial charge in [0.15, 0.2) is 0 Å². The van der Waals surface area contributed by atoms with Gasteiger partial charge in [0.2, 0.25) is 5.91 Å². The highest BCUT2D eigenvalue weighted by molar-refractivity contribution is 5.92. The summed E-state index contributed by atoms with van der Waals surface area (Å²) in [4.78, 5) is 26.8. The number of carbonyl (C=O) groups is 1. The molecule has 0 bridgehead atoms. The molecular formula is C15H12FN3O2. The first-order valence-electron chi connectivity index (χ1n) is 6.32. The van der Waals surface area contributed by atoms with Crippen molar-refractivity contribution in [3.05, 3.63) is 64.3 Å². The summed E-state index contributed by atoms with van der Waals surface area (Å²) in [5, 5.41) is 0. The summed E-state index contributed by atoms with van der Waals surface area (Å²) < 4.78 is 13.9. The zero-order valence-electron chi connectivity index (χ0n) is 11.0. The quantitative estimate of drug-likeness (QED) is 0.706. The Morgan fingerprint density at radius 1 is 1.19 bits per heavy atom. The summed E-state index contributed by atoms with van der Waals surface area (Å²) in [6, 6.07) is 10.4. The predicted molar refractivity (Wildman–Crippen MR) is 77.7 cm³/mol. The van der Waals surface area contributed by atoms with Gasteiger partial charge in [-0.1, -0.05) is 12.1 Å². The topological polar surface area (TPSA) is 80.9 Å². The van der Waals surface area contributed by atoms with Gasteiger partial charge in [-0.3, -0.25) is 4.79 Å². The van der Waals surface area contributed by atoms with Crippen LogP contribution < -0.4 is 11.4 Å². The van der Waals surface area contributed by atoms with Crippen molar-refractivity contribution in [3.63, 3.8) is 0 Å². The molecule has 21 heavy (non-hydrogen) atoms. The number of anilines is 1. The number of imidazole rings is 1. The van der Waals surface area contributed by atoms with Gasteiger partial charge in [0.1, 0.15) is 5.82 Å². The van der Waals surface area contributed by atoms with Gasteiger partial charge >= 0.3 is 5.69 Å². The van der Waals surface area contributed by atoms with E-state index in [1.165, 1.54) is 24.3 Å². The molecule has 0 radical (unpaired) electrons. The van der Waals surface area contributed by atoms with Crippen LogP contribution in [0.2, 0.25) is 0 Å². The Balaban J connectivity index is 2.00. The Kier molecular flexibility index (Phi) is 3.06. The summed E-state index contributed by atoms with van der Waals surface area (Å²) in [5.41, 5.74) is 7.25. The van der Waals surface area contributed by atoms with Crippen LogP contribution in [0.5, 0.6) is 0 Å². The number of halogens is 1. The lowest BCUT2D eigenvalue weighted by Crippen LogP contribution is -2.25. The van der Waals surface area contributed by atoms with Gasteiger partial charge in [0.25, 0.3) is 0 Å². The first-order valence-corrected chi connectivity index (χ1v) is 6.32. The molecule has 0 aliphatic heterocycles. The van der Waals surface area contributed by atoms with Gasteiger partial charge in [-0.15, -0.1) is 0 Å². The van der Waals surface area contributed by atoms with Crippen molar-refractivity contribution in [2.45, 2.75) is 6.42 Å². The summed E-state index contributed by atoms with van der Waals surface area (Å²) >= 11 is 0. The number of H-pyrrole nitrogens is 1. The Hall–Kier alpha value is -2.89. The number of aromatic amines is 1. The Morgan fingerprint density at radius 2 is 1.90 bits per heavy atom. The van der Waals surface area contributed by atoms with Crippen molar-refractivity contribution >= 4 is 22.6 Å². The van der Waals surface area contributed by atoms with Gasteiger partial charge in [-0.25, -0.2) is 13.8 Å². The molecule has 1 aromatic heterocycles. The lowest BCUT2D eigenvalue weighted by molar-refractivity contribution is 0.0915. The predicted octanol–water partition coefficient (Wildman–Crippen LogP) is 1.93. The molecule has 1 heterocycles. The normalized spacial score (nSPS) is 10.9. The van der Waals surface area contributed by atoms with Gasteiger partial charge < -0.3 is 10.7 Å². The second-order valence-corrected chi connectivity index (χ2v) is 4.74. The van der Waals surface area contributed by atoms with Crippen molar-refractivity contribution in [2.75, 3.05) is 5.73 Å². The van der Waals surface area contributed by atoms with Crippen LogP contribution in [0.4, 0.5) is 10.1 Å². The number of nitrogens with one attached hydrogen (secondary N) is 1. The number of aromatic nitrogens is 2. The van der Waals surface area contributed by atoms with E-state index in [-0.39, 0.29) is 18.1 Å². The van der Waals surface area contributed by atoms with Crippen molar-refractivity contribution < 1.29 is 9.18 Å². The molecule has 0 fully saturated rings. The molecule has 0 atom stereocenters. The lowest BCUT2D eigenvalue weighted by Gasteiger charge is -2.03. The van der Waals surface area contributed by atoms with E-state index in [0.29, 0.717) is 22.3 Å². The van der Waals surface area contributed by atoms with Gasteiger partial charge in [-0.05, 0) is 35.9 Å². The van der Waals surface area contributed by atoms with Gasteiger partial charge in [0, 0.05) is 5.69 Å². The SMILES string of the molecule is Nc1ccc2c(c1)[nH]c(=O)n2C(=O)Cc1ccc(F)cc1. The minimum atomic E-state index is -0.511. The number of rotatable bonds is 2. The lowest BCUT2D eigenvalue weighted by atomic mass is 10.1. The standard InChI is InChI=1S/C15H12FN3O2/c16-10-3-1-9(2-4-10)7-14(20)19-13-6-5-11(17)8-12(13)18-15(19)21/h1-6,8H,7,17H2,(H,18,21). The van der Waals surface area contributed by atoms with E-state index in [1.54, 1.807) is 18.2 Å².